The summed E-state index contributed by atoms with van der Waals surface area (Å²) in [7, 11) is 0. The summed E-state index contributed by atoms with van der Waals surface area (Å²) in [4.78, 5) is 7.51. The van der Waals surface area contributed by atoms with Crippen LogP contribution in [0, 0.1) is 4.64 Å². The largest absolute Gasteiger partial charge is 0.394 e. The fourth-order valence-corrected chi connectivity index (χ4v) is 5.40. The number of hydrogen-bond acceptors (Lipinski definition) is 5. The van der Waals surface area contributed by atoms with Crippen molar-refractivity contribution in [3.63, 3.8) is 0 Å². The molecule has 0 bridgehead atoms. The lowest BCUT2D eigenvalue weighted by Crippen LogP contribution is -2.12. The van der Waals surface area contributed by atoms with Crippen LogP contribution < -0.4 is 0 Å². The summed E-state index contributed by atoms with van der Waals surface area (Å²) in [6.45, 7) is 1.64. The van der Waals surface area contributed by atoms with E-state index in [1.165, 1.54) is 33.5 Å². The highest BCUT2D eigenvalue weighted by Crippen LogP contribution is 2.38. The van der Waals surface area contributed by atoms with E-state index in [1.807, 2.05) is 29.5 Å². The Balaban J connectivity index is 1.88. The topological polar surface area (TPSA) is 47.3 Å². The molecule has 0 amide bonds. The van der Waals surface area contributed by atoms with Crippen molar-refractivity contribution in [1.29, 1.82) is 0 Å². The molecule has 2 aromatic heterocycles. The van der Waals surface area contributed by atoms with Crippen molar-refractivity contribution >= 4 is 33.8 Å². The number of aryl methyl sites for hydroxylation is 2. The lowest BCUT2D eigenvalue weighted by atomic mass is 9.97. The molecule has 0 saturated heterocycles. The van der Waals surface area contributed by atoms with Crippen molar-refractivity contribution in [2.45, 2.75) is 32.2 Å². The number of aliphatic hydroxyl groups excluding tert-OH is 1. The van der Waals surface area contributed by atoms with E-state index < -0.39 is 0 Å². The molecule has 1 aromatic carbocycles. The van der Waals surface area contributed by atoms with Gasteiger partial charge in [0.15, 0.2) is 0 Å². The fraction of sp³-hybridized carbons (Fsp3) is 0.400. The van der Waals surface area contributed by atoms with Gasteiger partial charge in [0.1, 0.15) is 15.3 Å². The first-order chi connectivity index (χ1) is 12.8. The van der Waals surface area contributed by atoms with E-state index in [1.54, 1.807) is 0 Å². The molecule has 6 heteroatoms. The van der Waals surface area contributed by atoms with Crippen molar-refractivity contribution in [1.82, 2.24) is 9.55 Å². The summed E-state index contributed by atoms with van der Waals surface area (Å²) < 4.78 is 8.50. The van der Waals surface area contributed by atoms with Gasteiger partial charge in [-0.15, -0.1) is 11.3 Å². The van der Waals surface area contributed by atoms with Crippen molar-refractivity contribution < 1.29 is 9.84 Å². The van der Waals surface area contributed by atoms with Crippen LogP contribution >= 0.6 is 23.6 Å². The Hall–Kier alpha value is -1.60. The molecule has 26 heavy (non-hydrogen) atoms. The summed E-state index contributed by atoms with van der Waals surface area (Å²) in [5, 5.41) is 10.1. The maximum absolute atomic E-state index is 8.96. The van der Waals surface area contributed by atoms with Crippen molar-refractivity contribution in [3.8, 4) is 11.4 Å². The number of rotatable bonds is 6. The minimum atomic E-state index is 0.0439. The highest BCUT2D eigenvalue weighted by Gasteiger charge is 2.21. The van der Waals surface area contributed by atoms with Crippen LogP contribution in [0.25, 0.3) is 21.6 Å². The third kappa shape index (κ3) is 3.34. The molecule has 0 saturated carbocycles. The standard InChI is InChI=1S/C20H22N2O2S2/c23-11-13-24-12-10-22-18(14-6-2-1-3-7-14)21-19(25)17-15-8-4-5-9-16(15)26-20(17)22/h1-3,6-7,23H,4-5,8-13H2. The zero-order valence-electron chi connectivity index (χ0n) is 14.6. The Morgan fingerprint density at radius 2 is 1.96 bits per heavy atom. The second kappa shape index (κ2) is 7.96. The van der Waals surface area contributed by atoms with Crippen molar-refractivity contribution in [3.05, 3.63) is 45.4 Å². The third-order valence-corrected chi connectivity index (χ3v) is 6.41. The van der Waals surface area contributed by atoms with Crippen LogP contribution in [0.1, 0.15) is 23.3 Å². The molecule has 0 aliphatic heterocycles. The Morgan fingerprint density at radius 3 is 2.77 bits per heavy atom. The summed E-state index contributed by atoms with van der Waals surface area (Å²) in [6, 6.07) is 10.2. The molecule has 1 aliphatic carbocycles. The molecule has 0 unspecified atom stereocenters. The number of ether oxygens (including phenoxy) is 1. The predicted molar refractivity (Wildman–Crippen MR) is 108 cm³/mol. The van der Waals surface area contributed by atoms with Crippen LogP contribution in [0.4, 0.5) is 0 Å². The summed E-state index contributed by atoms with van der Waals surface area (Å²) in [5.74, 6) is 0.897. The highest BCUT2D eigenvalue weighted by atomic mass is 32.1. The second-order valence-corrected chi connectivity index (χ2v) is 7.96. The van der Waals surface area contributed by atoms with Gasteiger partial charge in [-0.05, 0) is 31.2 Å². The number of thiophene rings is 1. The van der Waals surface area contributed by atoms with Crippen molar-refractivity contribution in [2.75, 3.05) is 19.8 Å². The summed E-state index contributed by atoms with van der Waals surface area (Å²) >= 11 is 7.58. The van der Waals surface area contributed by atoms with E-state index >= 15 is 0 Å². The summed E-state index contributed by atoms with van der Waals surface area (Å²) in [5.41, 5.74) is 2.48. The maximum atomic E-state index is 8.96. The van der Waals surface area contributed by atoms with E-state index in [-0.39, 0.29) is 6.61 Å². The highest BCUT2D eigenvalue weighted by molar-refractivity contribution is 7.71. The molecule has 136 valence electrons. The van der Waals surface area contributed by atoms with E-state index in [4.69, 9.17) is 27.0 Å². The van der Waals surface area contributed by atoms with E-state index in [0.29, 0.717) is 24.4 Å². The molecule has 4 nitrogen and oxygen atoms in total. The number of nitrogens with zero attached hydrogens (tertiary/aromatic N) is 2. The quantitative estimate of drug-likeness (QED) is 0.504. The molecule has 1 aliphatic rings. The van der Waals surface area contributed by atoms with Crippen molar-refractivity contribution in [2.24, 2.45) is 0 Å². The van der Waals surface area contributed by atoms with Crippen LogP contribution in [0.3, 0.4) is 0 Å². The minimum Gasteiger partial charge on any atom is -0.394 e. The van der Waals surface area contributed by atoms with Gasteiger partial charge >= 0.3 is 0 Å². The number of fused-ring (bicyclic) bond motifs is 3. The molecule has 0 radical (unpaired) electrons. The number of hydrogen-bond donors (Lipinski definition) is 1. The monoisotopic (exact) mass is 386 g/mol. The van der Waals surface area contributed by atoms with Gasteiger partial charge in [-0.2, -0.15) is 0 Å². The lowest BCUT2D eigenvalue weighted by molar-refractivity contribution is 0.0876. The van der Waals surface area contributed by atoms with E-state index in [0.717, 1.165) is 24.2 Å². The van der Waals surface area contributed by atoms with Crippen LogP contribution in [-0.4, -0.2) is 34.5 Å². The first-order valence-electron chi connectivity index (χ1n) is 9.08. The van der Waals surface area contributed by atoms with Gasteiger partial charge in [-0.25, -0.2) is 4.98 Å². The van der Waals surface area contributed by atoms with Gasteiger partial charge in [0.2, 0.25) is 0 Å². The van der Waals surface area contributed by atoms with Gasteiger partial charge in [0.05, 0.1) is 19.8 Å². The molecule has 0 fully saturated rings. The van der Waals surface area contributed by atoms with Crippen LogP contribution in [-0.2, 0) is 24.1 Å². The third-order valence-electron chi connectivity index (χ3n) is 4.80. The average molecular weight is 387 g/mol. The first-order valence-corrected chi connectivity index (χ1v) is 10.3. The fourth-order valence-electron chi connectivity index (χ4n) is 3.61. The smallest absolute Gasteiger partial charge is 0.142 e. The Kier molecular flexibility index (Phi) is 5.45. The molecule has 1 N–H and O–H groups in total. The predicted octanol–water partition coefficient (Wildman–Crippen LogP) is 4.38. The van der Waals surface area contributed by atoms with Crippen LogP contribution in [0.2, 0.25) is 0 Å². The molecular formula is C20H22N2O2S2. The number of aromatic nitrogens is 2. The van der Waals surface area contributed by atoms with Crippen LogP contribution in [0.5, 0.6) is 0 Å². The SMILES string of the molecule is OCCOCCn1c(-c2ccccc2)nc(=S)c2c3c(sc21)CCCC3. The Labute approximate surface area is 162 Å². The zero-order chi connectivity index (χ0) is 17.9. The zero-order valence-corrected chi connectivity index (χ0v) is 16.2. The van der Waals surface area contributed by atoms with Gasteiger partial charge in [-0.3, -0.25) is 0 Å². The summed E-state index contributed by atoms with van der Waals surface area (Å²) in [6.07, 6.45) is 4.73. The molecular weight excluding hydrogens is 364 g/mol. The molecule has 3 aromatic rings. The molecule has 0 atom stereocenters. The number of benzene rings is 1. The second-order valence-electron chi connectivity index (χ2n) is 6.49. The van der Waals surface area contributed by atoms with E-state index in [2.05, 4.69) is 16.7 Å². The minimum absolute atomic E-state index is 0.0439. The maximum Gasteiger partial charge on any atom is 0.142 e. The lowest BCUT2D eigenvalue weighted by Gasteiger charge is -2.15. The Morgan fingerprint density at radius 1 is 1.15 bits per heavy atom. The van der Waals surface area contributed by atoms with Gasteiger partial charge in [0, 0.05) is 22.4 Å². The van der Waals surface area contributed by atoms with E-state index in [9.17, 15) is 0 Å². The van der Waals surface area contributed by atoms with Gasteiger partial charge < -0.3 is 14.4 Å². The van der Waals surface area contributed by atoms with Crippen LogP contribution in [0.15, 0.2) is 30.3 Å². The average Bonchev–Trinajstić information content (AvgIpc) is 3.07. The van der Waals surface area contributed by atoms with Gasteiger partial charge in [0.25, 0.3) is 0 Å². The molecule has 0 spiro atoms. The molecule has 2 heterocycles. The number of aliphatic hydroxyl groups is 1. The molecule has 4 rings (SSSR count). The van der Waals surface area contributed by atoms with Gasteiger partial charge in [-0.1, -0.05) is 42.5 Å². The Bertz CT molecular complexity index is 963. The normalized spacial score (nSPS) is 13.9. The first kappa shape index (κ1) is 17.8.